The Labute approximate surface area is 181 Å². The number of piperazine rings is 1. The maximum Gasteiger partial charge on any atom is 0.242 e. The lowest BCUT2D eigenvalue weighted by atomic mass is 10.3. The fourth-order valence-electron chi connectivity index (χ4n) is 3.03. The Morgan fingerprint density at radius 3 is 2.34 bits per heavy atom. The van der Waals surface area contributed by atoms with Crippen LogP contribution in [0.25, 0.3) is 0 Å². The van der Waals surface area contributed by atoms with E-state index in [1.165, 1.54) is 18.4 Å². The van der Waals surface area contributed by atoms with E-state index >= 15 is 0 Å². The summed E-state index contributed by atoms with van der Waals surface area (Å²) in [5.74, 6) is 1.42. The summed E-state index contributed by atoms with van der Waals surface area (Å²) < 4.78 is 31.1. The standard InChI is InChI=1S/C19H24Cl2N4O3S/c1-23(2)29(26,27)17-5-3-16(4-6-17)28-12-11-24-7-9-25(10-8-24)19-18(21)13-15(20)14-22-19/h3-6,13-14H,7-12H2,1-2H3. The highest BCUT2D eigenvalue weighted by Crippen LogP contribution is 2.26. The number of aromatic nitrogens is 1. The third kappa shape index (κ3) is 5.52. The van der Waals surface area contributed by atoms with Crippen molar-refractivity contribution in [2.75, 3.05) is 58.3 Å². The fraction of sp³-hybridized carbons (Fsp3) is 0.421. The first-order valence-corrected chi connectivity index (χ1v) is 11.4. The van der Waals surface area contributed by atoms with Crippen molar-refractivity contribution in [3.63, 3.8) is 0 Å². The van der Waals surface area contributed by atoms with Gasteiger partial charge in [0.05, 0.1) is 14.9 Å². The normalized spacial score (nSPS) is 15.7. The van der Waals surface area contributed by atoms with Gasteiger partial charge < -0.3 is 9.64 Å². The molecule has 3 rings (SSSR count). The Morgan fingerprint density at radius 1 is 1.10 bits per heavy atom. The average molecular weight is 459 g/mol. The van der Waals surface area contributed by atoms with Gasteiger partial charge in [-0.25, -0.2) is 17.7 Å². The van der Waals surface area contributed by atoms with Gasteiger partial charge in [-0.3, -0.25) is 4.90 Å². The number of nitrogens with zero attached hydrogens (tertiary/aromatic N) is 4. The highest BCUT2D eigenvalue weighted by Gasteiger charge is 2.20. The molecule has 1 aliphatic heterocycles. The van der Waals surface area contributed by atoms with Crippen LogP contribution in [-0.2, 0) is 10.0 Å². The maximum atomic E-state index is 12.1. The van der Waals surface area contributed by atoms with E-state index in [-0.39, 0.29) is 4.90 Å². The molecule has 0 aliphatic carbocycles. The van der Waals surface area contributed by atoms with Gasteiger partial charge in [0.25, 0.3) is 0 Å². The zero-order chi connectivity index (χ0) is 21.0. The van der Waals surface area contributed by atoms with Crippen LogP contribution in [0.3, 0.4) is 0 Å². The van der Waals surface area contributed by atoms with E-state index in [1.54, 1.807) is 36.5 Å². The summed E-state index contributed by atoms with van der Waals surface area (Å²) in [7, 11) is -0.401. The van der Waals surface area contributed by atoms with Crippen LogP contribution in [0.2, 0.25) is 10.0 Å². The third-order valence-corrected chi connectivity index (χ3v) is 7.05. The van der Waals surface area contributed by atoms with E-state index in [0.29, 0.717) is 22.4 Å². The summed E-state index contributed by atoms with van der Waals surface area (Å²) in [5, 5.41) is 1.09. The summed E-state index contributed by atoms with van der Waals surface area (Å²) in [6, 6.07) is 8.20. The van der Waals surface area contributed by atoms with Gasteiger partial charge in [0.2, 0.25) is 10.0 Å². The fourth-order valence-corrected chi connectivity index (χ4v) is 4.44. The van der Waals surface area contributed by atoms with Crippen molar-refractivity contribution in [3.05, 3.63) is 46.6 Å². The molecule has 1 aromatic heterocycles. The Hall–Kier alpha value is -1.58. The largest absolute Gasteiger partial charge is 0.492 e. The van der Waals surface area contributed by atoms with E-state index in [4.69, 9.17) is 27.9 Å². The Kier molecular flexibility index (Phi) is 7.23. The molecule has 0 radical (unpaired) electrons. The summed E-state index contributed by atoms with van der Waals surface area (Å²) in [6.45, 7) is 4.72. The number of hydrogen-bond acceptors (Lipinski definition) is 6. The lowest BCUT2D eigenvalue weighted by Crippen LogP contribution is -2.47. The quantitative estimate of drug-likeness (QED) is 0.635. The van der Waals surface area contributed by atoms with Crippen molar-refractivity contribution in [1.29, 1.82) is 0 Å². The lowest BCUT2D eigenvalue weighted by molar-refractivity contribution is 0.200. The summed E-state index contributed by atoms with van der Waals surface area (Å²) in [6.07, 6.45) is 1.61. The molecule has 1 fully saturated rings. The molecule has 29 heavy (non-hydrogen) atoms. The van der Waals surface area contributed by atoms with Crippen LogP contribution < -0.4 is 9.64 Å². The van der Waals surface area contributed by atoms with Crippen molar-refractivity contribution >= 4 is 39.0 Å². The first kappa shape index (κ1) is 22.1. The molecule has 2 heterocycles. The molecule has 1 saturated heterocycles. The topological polar surface area (TPSA) is 66.0 Å². The molecule has 0 saturated carbocycles. The smallest absolute Gasteiger partial charge is 0.242 e. The number of ether oxygens (including phenoxy) is 1. The van der Waals surface area contributed by atoms with E-state index in [1.807, 2.05) is 0 Å². The van der Waals surface area contributed by atoms with Crippen molar-refractivity contribution in [2.45, 2.75) is 4.90 Å². The monoisotopic (exact) mass is 458 g/mol. The van der Waals surface area contributed by atoms with Crippen LogP contribution in [0.5, 0.6) is 5.75 Å². The summed E-state index contributed by atoms with van der Waals surface area (Å²) in [5.41, 5.74) is 0. The number of sulfonamides is 1. The highest BCUT2D eigenvalue weighted by molar-refractivity contribution is 7.89. The van der Waals surface area contributed by atoms with E-state index in [0.717, 1.165) is 38.5 Å². The van der Waals surface area contributed by atoms with Crippen LogP contribution in [0.15, 0.2) is 41.4 Å². The molecule has 2 aromatic rings. The van der Waals surface area contributed by atoms with Gasteiger partial charge in [0, 0.05) is 53.0 Å². The lowest BCUT2D eigenvalue weighted by Gasteiger charge is -2.35. The van der Waals surface area contributed by atoms with Gasteiger partial charge in [-0.05, 0) is 30.3 Å². The van der Waals surface area contributed by atoms with Crippen LogP contribution in [0.1, 0.15) is 0 Å². The molecule has 0 spiro atoms. The number of benzene rings is 1. The Morgan fingerprint density at radius 2 is 1.76 bits per heavy atom. The molecule has 0 N–H and O–H groups in total. The summed E-state index contributed by atoms with van der Waals surface area (Å²) in [4.78, 5) is 9.05. The molecule has 158 valence electrons. The molecule has 0 bridgehead atoms. The zero-order valence-corrected chi connectivity index (χ0v) is 18.7. The van der Waals surface area contributed by atoms with Gasteiger partial charge in [-0.2, -0.15) is 0 Å². The van der Waals surface area contributed by atoms with Gasteiger partial charge in [0.15, 0.2) is 0 Å². The minimum Gasteiger partial charge on any atom is -0.492 e. The van der Waals surface area contributed by atoms with Gasteiger partial charge in [-0.1, -0.05) is 23.2 Å². The van der Waals surface area contributed by atoms with Crippen LogP contribution in [0, 0.1) is 0 Å². The molecule has 0 atom stereocenters. The number of rotatable bonds is 7. The van der Waals surface area contributed by atoms with Gasteiger partial charge >= 0.3 is 0 Å². The minimum absolute atomic E-state index is 0.250. The number of halogens is 2. The molecule has 1 aliphatic rings. The SMILES string of the molecule is CN(C)S(=O)(=O)c1ccc(OCCN2CCN(c3ncc(Cl)cc3Cl)CC2)cc1. The molecule has 7 nitrogen and oxygen atoms in total. The summed E-state index contributed by atoms with van der Waals surface area (Å²) >= 11 is 12.2. The average Bonchev–Trinajstić information content (AvgIpc) is 2.69. The van der Waals surface area contributed by atoms with Crippen LogP contribution >= 0.6 is 23.2 Å². The maximum absolute atomic E-state index is 12.1. The van der Waals surface area contributed by atoms with Gasteiger partial charge in [0.1, 0.15) is 18.2 Å². The highest BCUT2D eigenvalue weighted by atomic mass is 35.5. The van der Waals surface area contributed by atoms with Gasteiger partial charge in [-0.15, -0.1) is 0 Å². The second-order valence-electron chi connectivity index (χ2n) is 6.89. The Balaban J connectivity index is 1.45. The molecule has 0 unspecified atom stereocenters. The first-order chi connectivity index (χ1) is 13.8. The number of pyridine rings is 1. The van der Waals surface area contributed by atoms with Crippen LogP contribution in [0.4, 0.5) is 5.82 Å². The van der Waals surface area contributed by atoms with Crippen molar-refractivity contribution in [3.8, 4) is 5.75 Å². The van der Waals surface area contributed by atoms with E-state index in [2.05, 4.69) is 14.8 Å². The predicted molar refractivity (Wildman–Crippen MR) is 116 cm³/mol. The van der Waals surface area contributed by atoms with Crippen molar-refractivity contribution in [1.82, 2.24) is 14.2 Å². The van der Waals surface area contributed by atoms with E-state index < -0.39 is 10.0 Å². The molecule has 0 amide bonds. The predicted octanol–water partition coefficient (Wildman–Crippen LogP) is 2.84. The number of anilines is 1. The number of hydrogen-bond donors (Lipinski definition) is 0. The van der Waals surface area contributed by atoms with E-state index in [9.17, 15) is 8.42 Å². The molecular weight excluding hydrogens is 435 g/mol. The van der Waals surface area contributed by atoms with Crippen molar-refractivity contribution in [2.24, 2.45) is 0 Å². The van der Waals surface area contributed by atoms with Crippen molar-refractivity contribution < 1.29 is 13.2 Å². The molecule has 10 heteroatoms. The first-order valence-electron chi connectivity index (χ1n) is 9.21. The van der Waals surface area contributed by atoms with Crippen LogP contribution in [-0.4, -0.2) is 76.0 Å². The third-order valence-electron chi connectivity index (χ3n) is 4.74. The molecular formula is C19H24Cl2N4O3S. The Bertz CT molecular complexity index is 931. The minimum atomic E-state index is -3.42. The molecule has 1 aromatic carbocycles. The second-order valence-corrected chi connectivity index (χ2v) is 9.89. The second kappa shape index (κ2) is 9.49. The zero-order valence-electron chi connectivity index (χ0n) is 16.4.